The second-order valence-electron chi connectivity index (χ2n) is 3.00. The third kappa shape index (κ3) is 1.55. The normalized spacial score (nSPS) is 10.6. The van der Waals surface area contributed by atoms with Crippen molar-refractivity contribution < 1.29 is 0 Å². The molecule has 72 valence electrons. The molecule has 0 spiro atoms. The van der Waals surface area contributed by atoms with Crippen LogP contribution in [0.5, 0.6) is 0 Å². The van der Waals surface area contributed by atoms with Gasteiger partial charge in [-0.1, -0.05) is 31.2 Å². The van der Waals surface area contributed by atoms with Gasteiger partial charge in [0.2, 0.25) is 0 Å². The lowest BCUT2D eigenvalue weighted by molar-refractivity contribution is 1.18. The number of hydrogen-bond donors (Lipinski definition) is 1. The number of nitrogens with zero attached hydrogens (tertiary/aromatic N) is 1. The van der Waals surface area contributed by atoms with Gasteiger partial charge >= 0.3 is 0 Å². The van der Waals surface area contributed by atoms with E-state index in [1.807, 2.05) is 18.2 Å². The number of fused-ring (bicyclic) bond motifs is 1. The van der Waals surface area contributed by atoms with Crippen LogP contribution in [-0.4, -0.2) is 10.7 Å². The minimum absolute atomic E-state index is 0.751. The van der Waals surface area contributed by atoms with Crippen molar-refractivity contribution in [2.75, 3.05) is 11.5 Å². The summed E-state index contributed by atoms with van der Waals surface area (Å²) in [5.41, 5.74) is 6.60. The summed E-state index contributed by atoms with van der Waals surface area (Å²) >= 11 is 1.75. The highest BCUT2D eigenvalue weighted by Crippen LogP contribution is 2.28. The summed E-state index contributed by atoms with van der Waals surface area (Å²) in [6.07, 6.45) is 1.74. The molecule has 1 aromatic carbocycles. The highest BCUT2D eigenvalue weighted by Gasteiger charge is 2.03. The molecule has 0 atom stereocenters. The van der Waals surface area contributed by atoms with E-state index in [9.17, 15) is 0 Å². The monoisotopic (exact) mass is 204 g/mol. The van der Waals surface area contributed by atoms with Gasteiger partial charge in [0.15, 0.2) is 0 Å². The molecule has 0 aliphatic rings. The van der Waals surface area contributed by atoms with Crippen molar-refractivity contribution in [3.05, 3.63) is 30.5 Å². The predicted octanol–water partition coefficient (Wildman–Crippen LogP) is 2.93. The maximum atomic E-state index is 5.85. The van der Waals surface area contributed by atoms with Crippen LogP contribution in [-0.2, 0) is 0 Å². The summed E-state index contributed by atoms with van der Waals surface area (Å²) in [7, 11) is 0. The van der Waals surface area contributed by atoms with Crippen molar-refractivity contribution in [2.24, 2.45) is 0 Å². The number of thioether (sulfide) groups is 1. The van der Waals surface area contributed by atoms with Crippen molar-refractivity contribution in [1.29, 1.82) is 0 Å². The van der Waals surface area contributed by atoms with Gasteiger partial charge in [-0.05, 0) is 5.75 Å². The quantitative estimate of drug-likeness (QED) is 0.764. The fourth-order valence-corrected chi connectivity index (χ4v) is 2.17. The largest absolute Gasteiger partial charge is 0.397 e. The van der Waals surface area contributed by atoms with Gasteiger partial charge in [-0.3, -0.25) is 0 Å². The maximum Gasteiger partial charge on any atom is 0.104 e. The minimum atomic E-state index is 0.751. The lowest BCUT2D eigenvalue weighted by Crippen LogP contribution is -1.91. The molecule has 3 heteroatoms. The fraction of sp³-hybridized carbons (Fsp3) is 0.182. The zero-order valence-electron chi connectivity index (χ0n) is 8.03. The van der Waals surface area contributed by atoms with E-state index < -0.39 is 0 Å². The number of nitrogens with two attached hydrogens (primary N) is 1. The Balaban J connectivity index is 2.68. The number of benzene rings is 1. The molecule has 0 saturated heterocycles. The van der Waals surface area contributed by atoms with Crippen molar-refractivity contribution in [1.82, 2.24) is 4.98 Å². The highest BCUT2D eigenvalue weighted by molar-refractivity contribution is 7.99. The van der Waals surface area contributed by atoms with Gasteiger partial charge in [-0.2, -0.15) is 0 Å². The predicted molar refractivity (Wildman–Crippen MR) is 62.6 cm³/mol. The van der Waals surface area contributed by atoms with E-state index in [2.05, 4.69) is 18.0 Å². The van der Waals surface area contributed by atoms with Crippen LogP contribution in [0, 0.1) is 0 Å². The fourth-order valence-electron chi connectivity index (χ4n) is 1.44. The van der Waals surface area contributed by atoms with Gasteiger partial charge in [0.05, 0.1) is 11.9 Å². The van der Waals surface area contributed by atoms with Crippen LogP contribution in [0.15, 0.2) is 35.5 Å². The molecule has 2 rings (SSSR count). The van der Waals surface area contributed by atoms with Crippen molar-refractivity contribution in [2.45, 2.75) is 11.9 Å². The molecule has 1 aromatic heterocycles. The molecule has 0 radical (unpaired) electrons. The molecule has 0 bridgehead atoms. The van der Waals surface area contributed by atoms with Gasteiger partial charge in [-0.15, -0.1) is 11.8 Å². The molecular weight excluding hydrogens is 192 g/mol. The van der Waals surface area contributed by atoms with Crippen LogP contribution in [0.2, 0.25) is 0 Å². The van der Waals surface area contributed by atoms with Gasteiger partial charge in [0.25, 0.3) is 0 Å². The Morgan fingerprint density at radius 1 is 1.29 bits per heavy atom. The van der Waals surface area contributed by atoms with E-state index in [1.54, 1.807) is 18.0 Å². The molecule has 0 unspecified atom stereocenters. The Hall–Kier alpha value is -1.22. The van der Waals surface area contributed by atoms with Crippen LogP contribution in [0.4, 0.5) is 5.69 Å². The zero-order valence-corrected chi connectivity index (χ0v) is 8.84. The van der Waals surface area contributed by atoms with Crippen LogP contribution >= 0.6 is 11.8 Å². The summed E-state index contributed by atoms with van der Waals surface area (Å²) in [5.74, 6) is 1.03. The van der Waals surface area contributed by atoms with Crippen molar-refractivity contribution >= 4 is 28.2 Å². The maximum absolute atomic E-state index is 5.85. The first-order valence-electron chi connectivity index (χ1n) is 4.59. The number of pyridine rings is 1. The first-order chi connectivity index (χ1) is 6.83. The topological polar surface area (TPSA) is 38.9 Å². The van der Waals surface area contributed by atoms with Gasteiger partial charge in [0.1, 0.15) is 5.03 Å². The molecule has 2 nitrogen and oxygen atoms in total. The molecule has 1 heterocycles. The standard InChI is InChI=1S/C11H12N2S/c1-2-14-11-9-6-4-3-5-8(9)10(12)7-13-11/h3-7H,2,12H2,1H3. The molecule has 14 heavy (non-hydrogen) atoms. The molecule has 0 aliphatic heterocycles. The van der Waals surface area contributed by atoms with E-state index in [1.165, 1.54) is 0 Å². The van der Waals surface area contributed by atoms with E-state index in [-0.39, 0.29) is 0 Å². The Kier molecular flexibility index (Phi) is 2.59. The minimum Gasteiger partial charge on any atom is -0.397 e. The average molecular weight is 204 g/mol. The third-order valence-corrected chi connectivity index (χ3v) is 2.96. The van der Waals surface area contributed by atoms with E-state index in [4.69, 9.17) is 5.73 Å². The van der Waals surface area contributed by atoms with Crippen molar-refractivity contribution in [3.8, 4) is 0 Å². The Labute approximate surface area is 87.5 Å². The second kappa shape index (κ2) is 3.88. The van der Waals surface area contributed by atoms with Crippen LogP contribution in [0.3, 0.4) is 0 Å². The zero-order chi connectivity index (χ0) is 9.97. The number of nitrogen functional groups attached to an aromatic ring is 1. The Bertz CT molecular complexity index is 454. The van der Waals surface area contributed by atoms with Gasteiger partial charge in [-0.25, -0.2) is 4.98 Å². The SMILES string of the molecule is CCSc1ncc(N)c2ccccc12. The molecular formula is C11H12N2S. The molecule has 0 aliphatic carbocycles. The summed E-state index contributed by atoms with van der Waals surface area (Å²) in [5, 5.41) is 3.31. The lowest BCUT2D eigenvalue weighted by Gasteiger charge is -2.05. The molecule has 0 fully saturated rings. The average Bonchev–Trinajstić information content (AvgIpc) is 2.23. The summed E-state index contributed by atoms with van der Waals surface area (Å²) < 4.78 is 0. The number of hydrogen-bond acceptors (Lipinski definition) is 3. The number of aromatic nitrogens is 1. The Morgan fingerprint density at radius 3 is 2.71 bits per heavy atom. The summed E-state index contributed by atoms with van der Waals surface area (Å²) in [6, 6.07) is 8.12. The first-order valence-corrected chi connectivity index (χ1v) is 5.57. The molecule has 2 aromatic rings. The van der Waals surface area contributed by atoms with Gasteiger partial charge in [0, 0.05) is 10.8 Å². The molecule has 0 amide bonds. The third-order valence-electron chi connectivity index (χ3n) is 2.07. The lowest BCUT2D eigenvalue weighted by atomic mass is 10.1. The molecule has 0 saturated carbocycles. The first kappa shape index (κ1) is 9.34. The summed E-state index contributed by atoms with van der Waals surface area (Å²) in [4.78, 5) is 4.33. The summed E-state index contributed by atoms with van der Waals surface area (Å²) in [6.45, 7) is 2.12. The van der Waals surface area contributed by atoms with E-state index in [0.29, 0.717) is 0 Å². The van der Waals surface area contributed by atoms with E-state index >= 15 is 0 Å². The van der Waals surface area contributed by atoms with Gasteiger partial charge < -0.3 is 5.73 Å². The Morgan fingerprint density at radius 2 is 2.00 bits per heavy atom. The molecule has 2 N–H and O–H groups in total. The van der Waals surface area contributed by atoms with Crippen LogP contribution in [0.25, 0.3) is 10.8 Å². The highest BCUT2D eigenvalue weighted by atomic mass is 32.2. The smallest absolute Gasteiger partial charge is 0.104 e. The van der Waals surface area contributed by atoms with E-state index in [0.717, 1.165) is 27.2 Å². The van der Waals surface area contributed by atoms with Crippen LogP contribution in [0.1, 0.15) is 6.92 Å². The van der Waals surface area contributed by atoms with Crippen LogP contribution < -0.4 is 5.73 Å². The van der Waals surface area contributed by atoms with Crippen molar-refractivity contribution in [3.63, 3.8) is 0 Å². The number of rotatable bonds is 2. The number of anilines is 1. The second-order valence-corrected chi connectivity index (χ2v) is 4.25.